The molecular weight excluding hydrogens is 1020 g/mol. The molecule has 1 aliphatic heterocycles. The fraction of sp³-hybridized carbons (Fsp3) is 0.321. The molecule has 0 unspecified atom stereocenters. The second-order valence-electron chi connectivity index (χ2n) is 18.2. The predicted octanol–water partition coefficient (Wildman–Crippen LogP) is 7.50. The fourth-order valence-corrected chi connectivity index (χ4v) is 7.22. The molecule has 0 spiro atoms. The van der Waals surface area contributed by atoms with Crippen LogP contribution in [0.3, 0.4) is 0 Å². The van der Waals surface area contributed by atoms with Crippen LogP contribution in [-0.2, 0) is 59.6 Å². The average Bonchev–Trinajstić information content (AvgIpc) is 4.11. The molecule has 0 atom stereocenters. The lowest BCUT2D eigenvalue weighted by Gasteiger charge is -2.19. The molecule has 0 fully saturated rings. The van der Waals surface area contributed by atoms with E-state index in [2.05, 4.69) is 36.2 Å². The Morgan fingerprint density at radius 1 is 0.541 bits per heavy atom. The van der Waals surface area contributed by atoms with Crippen molar-refractivity contribution < 1.29 is 63.1 Å². The van der Waals surface area contributed by atoms with E-state index in [0.717, 1.165) is 22.0 Å². The van der Waals surface area contributed by atoms with Crippen LogP contribution in [0.4, 0.5) is 0 Å². The third kappa shape index (κ3) is 16.8. The Labute approximate surface area is 434 Å². The van der Waals surface area contributed by atoms with Crippen molar-refractivity contribution in [2.45, 2.75) is 99.7 Å². The van der Waals surface area contributed by atoms with Gasteiger partial charge in [0.05, 0.1) is 23.1 Å². The molecule has 4 heterocycles. The first kappa shape index (κ1) is 58.5. The summed E-state index contributed by atoms with van der Waals surface area (Å²) in [7, 11) is 0. The number of carboxylic acid groups (broad SMARTS) is 2. The summed E-state index contributed by atoms with van der Waals surface area (Å²) in [6, 6.07) is 29.1. The first-order chi connectivity index (χ1) is 34.7. The van der Waals surface area contributed by atoms with Gasteiger partial charge in [-0.1, -0.05) is 94.8 Å². The lowest BCUT2D eigenvalue weighted by molar-refractivity contribution is -0.156. The quantitative estimate of drug-likeness (QED) is 0.0606. The molecule has 7 aromatic rings. The summed E-state index contributed by atoms with van der Waals surface area (Å²) in [6.45, 7) is 14.8. The van der Waals surface area contributed by atoms with Gasteiger partial charge in [-0.2, -0.15) is 15.3 Å². The second-order valence-corrected chi connectivity index (χ2v) is 18.8. The van der Waals surface area contributed by atoms with Crippen molar-refractivity contribution in [1.29, 1.82) is 0 Å². The molecule has 0 saturated carbocycles. The van der Waals surface area contributed by atoms with Crippen molar-refractivity contribution in [3.63, 3.8) is 0 Å². The Hall–Kier alpha value is -8.04. The number of aliphatic hydroxyl groups excluding tert-OH is 1. The van der Waals surface area contributed by atoms with E-state index in [-0.39, 0.29) is 65.5 Å². The Kier molecular flexibility index (Phi) is 20.6. The molecule has 3 N–H and O–H groups in total. The third-order valence-electron chi connectivity index (χ3n) is 9.86. The summed E-state index contributed by atoms with van der Waals surface area (Å²) in [5.74, 6) is -3.37. The minimum absolute atomic E-state index is 0.00887. The lowest BCUT2D eigenvalue weighted by atomic mass is 10.0. The molecule has 0 bridgehead atoms. The predicted molar refractivity (Wildman–Crippen MR) is 279 cm³/mol. The maximum absolute atomic E-state index is 11.9. The van der Waals surface area contributed by atoms with Crippen LogP contribution in [0.5, 0.6) is 0 Å². The molecule has 21 heteroatoms. The Morgan fingerprint density at radius 3 is 1.30 bits per heavy atom. The highest BCUT2D eigenvalue weighted by atomic mass is 79.9. The van der Waals surface area contributed by atoms with E-state index in [1.165, 1.54) is 27.9 Å². The number of aliphatic carboxylic acids is 2. The highest BCUT2D eigenvalue weighted by Gasteiger charge is 2.22. The largest absolute Gasteiger partial charge is 0.480 e. The summed E-state index contributed by atoms with van der Waals surface area (Å²) in [6.07, 6.45) is 0. The van der Waals surface area contributed by atoms with Crippen LogP contribution in [0.2, 0.25) is 0 Å². The van der Waals surface area contributed by atoms with Gasteiger partial charge in [0.15, 0.2) is 17.3 Å². The number of hydrogen-bond donors (Lipinski definition) is 3. The monoisotopic (exact) mass is 1080 g/mol. The number of ketones is 4. The van der Waals surface area contributed by atoms with Crippen molar-refractivity contribution in [2.75, 3.05) is 11.9 Å². The molecule has 20 nitrogen and oxygen atoms in total. The van der Waals surface area contributed by atoms with E-state index < -0.39 is 29.9 Å². The Bertz CT molecular complexity index is 3240. The van der Waals surface area contributed by atoms with Gasteiger partial charge in [-0.05, 0) is 65.3 Å². The number of carbonyl (C=O) groups is 8. The van der Waals surface area contributed by atoms with Gasteiger partial charge in [0, 0.05) is 42.5 Å². The number of carboxylic acids is 2. The number of carbonyl (C=O) groups excluding carboxylic acids is 6. The molecule has 4 aromatic carbocycles. The van der Waals surface area contributed by atoms with E-state index in [9.17, 15) is 38.4 Å². The second kappa shape index (κ2) is 26.1. The Morgan fingerprint density at radius 2 is 0.919 bits per heavy atom. The van der Waals surface area contributed by atoms with Crippen molar-refractivity contribution in [2.24, 2.45) is 4.99 Å². The number of esters is 2. The van der Waals surface area contributed by atoms with Gasteiger partial charge in [0.2, 0.25) is 5.78 Å². The maximum atomic E-state index is 11.9. The summed E-state index contributed by atoms with van der Waals surface area (Å²) in [5, 5.41) is 40.7. The van der Waals surface area contributed by atoms with Crippen molar-refractivity contribution in [3.8, 4) is 0 Å². The highest BCUT2D eigenvalue weighted by molar-refractivity contribution is 9.09. The molecule has 0 aliphatic carbocycles. The van der Waals surface area contributed by atoms with Gasteiger partial charge in [0.25, 0.3) is 0 Å². The van der Waals surface area contributed by atoms with Gasteiger partial charge in [-0.15, -0.1) is 0 Å². The van der Waals surface area contributed by atoms with Crippen LogP contribution in [0.25, 0.3) is 32.7 Å². The summed E-state index contributed by atoms with van der Waals surface area (Å²) in [5.41, 5.74) is 4.67. The van der Waals surface area contributed by atoms with Crippen molar-refractivity contribution in [1.82, 2.24) is 29.3 Å². The molecule has 390 valence electrons. The average molecular weight is 1080 g/mol. The van der Waals surface area contributed by atoms with Crippen LogP contribution in [0.15, 0.2) is 102 Å². The van der Waals surface area contributed by atoms with E-state index in [4.69, 9.17) is 24.8 Å². The first-order valence-electron chi connectivity index (χ1n) is 22.8. The SMILES string of the molecule is CC(=O)C1=NCc2ccccc21.CC(=O)c1nn(CC(=O)O)c2ccccc12.CC(=O)c1nn(CC(=O)OC(C)(C)C)c2ccccc12.CC(C)(C)OC(=O)CBr.O=C(O)Cn1nc(C(=O)CO)c2ccccc21. The molecule has 3 aromatic heterocycles. The van der Waals surface area contributed by atoms with Crippen molar-refractivity contribution in [3.05, 3.63) is 125 Å². The minimum Gasteiger partial charge on any atom is -0.480 e. The van der Waals surface area contributed by atoms with Crippen LogP contribution < -0.4 is 0 Å². The van der Waals surface area contributed by atoms with E-state index in [1.807, 2.05) is 90.1 Å². The van der Waals surface area contributed by atoms with Gasteiger partial charge in [-0.25, -0.2) is 0 Å². The number of ether oxygens (including phenoxy) is 2. The number of hydrogen-bond acceptors (Lipinski definition) is 15. The lowest BCUT2D eigenvalue weighted by Crippen LogP contribution is -2.26. The summed E-state index contributed by atoms with van der Waals surface area (Å²) in [4.78, 5) is 93.4. The minimum atomic E-state index is -1.04. The number of nitrogens with zero attached hydrogens (tertiary/aromatic N) is 7. The number of aromatic nitrogens is 6. The molecule has 0 amide bonds. The third-order valence-corrected chi connectivity index (χ3v) is 10.3. The maximum Gasteiger partial charge on any atom is 0.328 e. The van der Waals surface area contributed by atoms with Gasteiger partial charge in [-0.3, -0.25) is 57.4 Å². The zero-order valence-electron chi connectivity index (χ0n) is 42.4. The number of rotatable bonds is 12. The fourth-order valence-electron chi connectivity index (χ4n) is 7.11. The highest BCUT2D eigenvalue weighted by Crippen LogP contribution is 2.22. The number of alkyl halides is 1. The van der Waals surface area contributed by atoms with Crippen molar-refractivity contribution >= 4 is 101 Å². The normalized spacial score (nSPS) is 11.5. The standard InChI is InChI=1S/C15H18N2O3.C11H10N2O4.C11H10N2O3.C10H9NO.C6H11BrO2/c1-10(18)14-11-7-5-6-8-12(11)17(16-14)9-13(19)20-15(2,3)4;14-6-9(15)11-7-3-1-2-4-8(7)13(12-11)5-10(16)17;1-7(14)11-8-4-2-3-5-9(8)13(12-11)6-10(15)16;1-7(12)10-9-5-3-2-4-8(9)6-11-10;1-6(2,3)9-5(8)4-7/h5-8H,9H2,1-4H3;1-4,14H,5-6H2,(H,16,17);2-5H,6H2,1H3,(H,15,16);2-5H,6H2,1H3;4H2,1-3H3. The number of aliphatic hydroxyl groups is 1. The zero-order chi connectivity index (χ0) is 55.1. The van der Waals surface area contributed by atoms with E-state index in [0.29, 0.717) is 45.5 Å². The first-order valence-corrected chi connectivity index (χ1v) is 24.0. The number of halogens is 1. The molecule has 74 heavy (non-hydrogen) atoms. The molecule has 0 radical (unpaired) electrons. The van der Waals surface area contributed by atoms with Crippen LogP contribution in [-0.4, -0.2) is 121 Å². The molecule has 0 saturated heterocycles. The molecule has 8 rings (SSSR count). The van der Waals surface area contributed by atoms with Gasteiger partial charge < -0.3 is 24.8 Å². The number of para-hydroxylation sites is 3. The number of benzene rings is 4. The van der Waals surface area contributed by atoms with Crippen LogP contribution >= 0.6 is 15.9 Å². The van der Waals surface area contributed by atoms with Gasteiger partial charge in [0.1, 0.15) is 65.6 Å². The zero-order valence-corrected chi connectivity index (χ0v) is 44.0. The topological polar surface area (TPSA) is 282 Å². The smallest absolute Gasteiger partial charge is 0.328 e. The van der Waals surface area contributed by atoms with Gasteiger partial charge >= 0.3 is 23.9 Å². The summed E-state index contributed by atoms with van der Waals surface area (Å²) >= 11 is 2.99. The number of aliphatic imine (C=N–C) groups is 1. The number of fused-ring (bicyclic) bond motifs is 4. The molecule has 1 aliphatic rings. The van der Waals surface area contributed by atoms with Crippen LogP contribution in [0, 0.1) is 0 Å². The molecular formula is C53H58BrN7O13. The number of Topliss-reactive ketones (excluding diaryl/α,β-unsaturated/α-hetero) is 4. The summed E-state index contributed by atoms with van der Waals surface area (Å²) < 4.78 is 14.3. The Balaban J connectivity index is 0.000000205. The van der Waals surface area contributed by atoms with E-state index in [1.54, 1.807) is 55.5 Å². The van der Waals surface area contributed by atoms with E-state index >= 15 is 0 Å². The van der Waals surface area contributed by atoms with Crippen LogP contribution in [0.1, 0.15) is 105 Å².